The van der Waals surface area contributed by atoms with Crippen LogP contribution in [0.15, 0.2) is 23.1 Å². The number of piperazine rings is 1. The molecule has 1 fully saturated rings. The van der Waals surface area contributed by atoms with Gasteiger partial charge in [-0.25, -0.2) is 13.6 Å². The van der Waals surface area contributed by atoms with E-state index in [1.54, 1.807) is 13.8 Å². The molecule has 0 spiro atoms. The van der Waals surface area contributed by atoms with Crippen LogP contribution >= 0.6 is 0 Å². The Balaban J connectivity index is 2.61. The topological polar surface area (TPSA) is 136 Å². The lowest BCUT2D eigenvalue weighted by Crippen LogP contribution is -2.64. The molecule has 21 heavy (non-hydrogen) atoms. The van der Waals surface area contributed by atoms with Crippen LogP contribution in [-0.2, 0) is 19.6 Å². The van der Waals surface area contributed by atoms with Crippen LogP contribution in [0.4, 0.5) is 11.4 Å². The molecule has 9 heteroatoms. The number of nitrogen functional groups attached to an aromatic ring is 1. The first-order chi connectivity index (χ1) is 9.55. The van der Waals surface area contributed by atoms with Crippen LogP contribution in [0.3, 0.4) is 0 Å². The Kier molecular flexibility index (Phi) is 3.42. The fourth-order valence-corrected chi connectivity index (χ4v) is 2.86. The Bertz CT molecular complexity index is 727. The van der Waals surface area contributed by atoms with Gasteiger partial charge in [0.2, 0.25) is 15.9 Å². The van der Waals surface area contributed by atoms with Gasteiger partial charge in [0.15, 0.2) is 0 Å². The number of para-hydroxylation sites is 1. The fourth-order valence-electron chi connectivity index (χ4n) is 2.19. The maximum atomic E-state index is 11.9. The molecule has 0 unspecified atom stereocenters. The van der Waals surface area contributed by atoms with Gasteiger partial charge in [0.25, 0.3) is 5.91 Å². The van der Waals surface area contributed by atoms with Crippen LogP contribution < -0.4 is 21.1 Å². The first kappa shape index (κ1) is 15.3. The highest BCUT2D eigenvalue weighted by molar-refractivity contribution is 7.89. The summed E-state index contributed by atoms with van der Waals surface area (Å²) in [7, 11) is -4.00. The second kappa shape index (κ2) is 4.71. The van der Waals surface area contributed by atoms with E-state index < -0.39 is 27.4 Å². The van der Waals surface area contributed by atoms with E-state index in [0.29, 0.717) is 0 Å². The normalized spacial score (nSPS) is 18.5. The van der Waals surface area contributed by atoms with Crippen molar-refractivity contribution in [2.24, 2.45) is 5.14 Å². The molecule has 0 radical (unpaired) electrons. The third-order valence-electron chi connectivity index (χ3n) is 3.43. The summed E-state index contributed by atoms with van der Waals surface area (Å²) in [5.41, 5.74) is 5.00. The molecule has 114 valence electrons. The maximum Gasteiger partial charge on any atom is 0.251 e. The van der Waals surface area contributed by atoms with E-state index in [0.717, 1.165) is 0 Å². The monoisotopic (exact) mass is 312 g/mol. The van der Waals surface area contributed by atoms with Crippen LogP contribution in [0, 0.1) is 0 Å². The van der Waals surface area contributed by atoms with E-state index in [4.69, 9.17) is 10.9 Å². The smallest absolute Gasteiger partial charge is 0.251 e. The van der Waals surface area contributed by atoms with E-state index in [2.05, 4.69) is 5.32 Å². The number of primary sulfonamides is 1. The van der Waals surface area contributed by atoms with E-state index >= 15 is 0 Å². The number of hydrogen-bond donors (Lipinski definition) is 3. The van der Waals surface area contributed by atoms with E-state index in [-0.39, 0.29) is 22.8 Å². The van der Waals surface area contributed by atoms with Crippen molar-refractivity contribution in [3.8, 4) is 0 Å². The van der Waals surface area contributed by atoms with Gasteiger partial charge < -0.3 is 10.6 Å². The zero-order valence-electron chi connectivity index (χ0n) is 11.6. The molecule has 2 rings (SSSR count). The average Bonchev–Trinajstić information content (AvgIpc) is 2.33. The van der Waals surface area contributed by atoms with E-state index in [1.165, 1.54) is 23.1 Å². The molecule has 0 aromatic heterocycles. The summed E-state index contributed by atoms with van der Waals surface area (Å²) in [6.07, 6.45) is 0. The van der Waals surface area contributed by atoms with Gasteiger partial charge in [0.1, 0.15) is 10.4 Å². The maximum absolute atomic E-state index is 11.9. The van der Waals surface area contributed by atoms with Crippen LogP contribution in [0.1, 0.15) is 13.8 Å². The number of amides is 2. The van der Waals surface area contributed by atoms with Gasteiger partial charge in [-0.3, -0.25) is 14.9 Å². The second-order valence-corrected chi connectivity index (χ2v) is 6.79. The lowest BCUT2D eigenvalue weighted by atomic mass is 9.97. The molecule has 0 bridgehead atoms. The molecular weight excluding hydrogens is 296 g/mol. The van der Waals surface area contributed by atoms with Crippen LogP contribution in [-0.4, -0.2) is 32.3 Å². The Hall–Kier alpha value is -2.13. The minimum Gasteiger partial charge on any atom is -0.396 e. The molecule has 1 aliphatic heterocycles. The average molecular weight is 312 g/mol. The van der Waals surface area contributed by atoms with Crippen molar-refractivity contribution in [2.45, 2.75) is 24.3 Å². The van der Waals surface area contributed by atoms with Gasteiger partial charge in [0, 0.05) is 0 Å². The van der Waals surface area contributed by atoms with Crippen molar-refractivity contribution in [3.63, 3.8) is 0 Å². The lowest BCUT2D eigenvalue weighted by Gasteiger charge is -2.42. The van der Waals surface area contributed by atoms with Crippen molar-refractivity contribution in [3.05, 3.63) is 18.2 Å². The number of sulfonamides is 1. The molecule has 1 aliphatic rings. The Morgan fingerprint density at radius 2 is 1.90 bits per heavy atom. The minimum absolute atomic E-state index is 0.0874. The second-order valence-electron chi connectivity index (χ2n) is 5.26. The van der Waals surface area contributed by atoms with Crippen molar-refractivity contribution >= 4 is 33.2 Å². The van der Waals surface area contributed by atoms with Crippen LogP contribution in [0.5, 0.6) is 0 Å². The number of carbonyl (C=O) groups is 2. The number of nitrogens with one attached hydrogen (secondary N) is 1. The zero-order chi connectivity index (χ0) is 16.0. The Morgan fingerprint density at radius 1 is 1.29 bits per heavy atom. The minimum atomic E-state index is -4.00. The molecule has 1 heterocycles. The van der Waals surface area contributed by atoms with Crippen molar-refractivity contribution in [1.29, 1.82) is 0 Å². The summed E-state index contributed by atoms with van der Waals surface area (Å²) in [5.74, 6) is -0.973. The highest BCUT2D eigenvalue weighted by atomic mass is 32.2. The first-order valence-electron chi connectivity index (χ1n) is 6.08. The van der Waals surface area contributed by atoms with Gasteiger partial charge in [-0.05, 0) is 26.0 Å². The number of rotatable bonds is 2. The van der Waals surface area contributed by atoms with Crippen LogP contribution in [0.25, 0.3) is 0 Å². The number of nitrogens with two attached hydrogens (primary N) is 2. The number of carbonyl (C=O) groups excluding carboxylic acids is 2. The molecule has 1 aromatic carbocycles. The summed E-state index contributed by atoms with van der Waals surface area (Å²) in [5, 5.41) is 7.34. The Morgan fingerprint density at radius 3 is 2.48 bits per heavy atom. The number of nitrogens with zero attached hydrogens (tertiary/aromatic N) is 1. The molecule has 0 aliphatic carbocycles. The summed E-state index contributed by atoms with van der Waals surface area (Å²) in [6.45, 7) is 3.10. The lowest BCUT2D eigenvalue weighted by molar-refractivity contribution is -0.135. The molecule has 8 nitrogen and oxygen atoms in total. The summed E-state index contributed by atoms with van der Waals surface area (Å²) >= 11 is 0. The third-order valence-corrected chi connectivity index (χ3v) is 4.39. The highest BCUT2D eigenvalue weighted by Crippen LogP contribution is 2.34. The van der Waals surface area contributed by atoms with Crippen molar-refractivity contribution in [1.82, 2.24) is 5.32 Å². The van der Waals surface area contributed by atoms with Gasteiger partial charge in [-0.1, -0.05) is 6.07 Å². The fraction of sp³-hybridized carbons (Fsp3) is 0.333. The van der Waals surface area contributed by atoms with Crippen molar-refractivity contribution in [2.75, 3.05) is 17.2 Å². The predicted molar refractivity (Wildman–Crippen MR) is 76.8 cm³/mol. The standard InChI is InChI=1S/C12H16N4O4S/c1-12(2)11(18)15-9(17)6-16(12)7-4-3-5-8(10(7)13)21(14,19)20/h3-5H,6,13H2,1-2H3,(H2,14,19,20)(H,15,17,18). The summed E-state index contributed by atoms with van der Waals surface area (Å²) in [6, 6.07) is 4.27. The molecule has 0 saturated carbocycles. The van der Waals surface area contributed by atoms with Gasteiger partial charge in [-0.15, -0.1) is 0 Å². The Labute approximate surface area is 122 Å². The largest absolute Gasteiger partial charge is 0.396 e. The quantitative estimate of drug-likeness (QED) is 0.481. The van der Waals surface area contributed by atoms with Crippen LogP contribution in [0.2, 0.25) is 0 Å². The van der Waals surface area contributed by atoms with Gasteiger partial charge in [-0.2, -0.15) is 0 Å². The van der Waals surface area contributed by atoms with E-state index in [1.807, 2.05) is 0 Å². The molecular formula is C12H16N4O4S. The molecule has 1 saturated heterocycles. The SMILES string of the molecule is CC1(C)C(=O)NC(=O)CN1c1cccc(S(N)(=O)=O)c1N. The highest BCUT2D eigenvalue weighted by Gasteiger charge is 2.42. The van der Waals surface area contributed by atoms with E-state index in [9.17, 15) is 18.0 Å². The number of anilines is 2. The number of benzene rings is 1. The molecule has 1 aromatic rings. The van der Waals surface area contributed by atoms with Gasteiger partial charge in [0.05, 0.1) is 17.9 Å². The van der Waals surface area contributed by atoms with Gasteiger partial charge >= 0.3 is 0 Å². The predicted octanol–water partition coefficient (Wildman–Crippen LogP) is -0.842. The molecule has 2 amide bonds. The zero-order valence-corrected chi connectivity index (χ0v) is 12.4. The summed E-state index contributed by atoms with van der Waals surface area (Å²) in [4.78, 5) is 24.7. The van der Waals surface area contributed by atoms with Crippen molar-refractivity contribution < 1.29 is 18.0 Å². The number of imide groups is 1. The summed E-state index contributed by atoms with van der Waals surface area (Å²) < 4.78 is 23.0. The molecule has 0 atom stereocenters. The number of hydrogen-bond acceptors (Lipinski definition) is 6. The third kappa shape index (κ3) is 2.57. The first-order valence-corrected chi connectivity index (χ1v) is 7.63. The molecule has 5 N–H and O–H groups in total.